The van der Waals surface area contributed by atoms with Crippen LogP contribution >= 0.6 is 0 Å². The molecule has 47 heavy (non-hydrogen) atoms. The van der Waals surface area contributed by atoms with Crippen LogP contribution in [0, 0.1) is 11.3 Å². The topological polar surface area (TPSA) is 173 Å². The van der Waals surface area contributed by atoms with Gasteiger partial charge in [-0.15, -0.1) is 0 Å². The van der Waals surface area contributed by atoms with Crippen LogP contribution in [0.5, 0.6) is 0 Å². The lowest BCUT2D eigenvalue weighted by Gasteiger charge is -2.40. The first kappa shape index (κ1) is 39.0. The van der Waals surface area contributed by atoms with E-state index in [1.54, 1.807) is 74.8 Å². The van der Waals surface area contributed by atoms with E-state index in [0.717, 1.165) is 5.56 Å². The smallest absolute Gasteiger partial charge is 0.260 e. The first-order valence-corrected chi connectivity index (χ1v) is 17.1. The van der Waals surface area contributed by atoms with Gasteiger partial charge < -0.3 is 15.5 Å². The minimum absolute atomic E-state index is 0.139. The van der Waals surface area contributed by atoms with E-state index in [1.807, 2.05) is 48.5 Å². The van der Waals surface area contributed by atoms with E-state index in [0.29, 0.717) is 11.3 Å². The standard InChI is InChI=1S/C34H49N7O5S/c1-22(2)27(20-23(3)30(42)39-47(45,46)21-24-14-12-11-13-15-24)41(10)32(44)29(33(4,5)6)37-31(43)28(36-9)34(7,8)25-16-18-26(19-17-25)38-40-35/h11-20,22,27-29,36H,21H2,1-10H3,(H,37,43)(H,39,42). The number of sulfonamides is 1. The molecule has 0 spiro atoms. The van der Waals surface area contributed by atoms with Crippen molar-refractivity contribution in [3.05, 3.63) is 87.8 Å². The summed E-state index contributed by atoms with van der Waals surface area (Å²) in [5, 5.41) is 9.69. The summed E-state index contributed by atoms with van der Waals surface area (Å²) in [7, 11) is -0.677. The Labute approximate surface area is 279 Å². The normalized spacial score (nSPS) is 14.4. The highest BCUT2D eigenvalue weighted by Crippen LogP contribution is 2.30. The molecule has 0 heterocycles. The number of hydrogen-bond acceptors (Lipinski definition) is 7. The summed E-state index contributed by atoms with van der Waals surface area (Å²) in [5.74, 6) is -2.02. The summed E-state index contributed by atoms with van der Waals surface area (Å²) in [6.07, 6.45) is 1.58. The number of amides is 3. The van der Waals surface area contributed by atoms with Crippen LogP contribution in [-0.4, -0.2) is 63.3 Å². The number of benzene rings is 2. The summed E-state index contributed by atoms with van der Waals surface area (Å²) in [5.41, 5.74) is 9.27. The molecule has 3 unspecified atom stereocenters. The molecule has 0 aromatic heterocycles. The third-order valence-electron chi connectivity index (χ3n) is 8.15. The van der Waals surface area contributed by atoms with E-state index in [2.05, 4.69) is 25.4 Å². The van der Waals surface area contributed by atoms with Crippen molar-refractivity contribution in [1.82, 2.24) is 20.3 Å². The van der Waals surface area contributed by atoms with Crippen molar-refractivity contribution in [3.63, 3.8) is 0 Å². The number of nitrogens with one attached hydrogen (secondary N) is 3. The lowest BCUT2D eigenvalue weighted by molar-refractivity contribution is -0.140. The third-order valence-corrected chi connectivity index (χ3v) is 9.36. The van der Waals surface area contributed by atoms with Crippen LogP contribution in [0.1, 0.15) is 66.5 Å². The lowest BCUT2D eigenvalue weighted by atomic mass is 9.76. The number of carbonyl (C=O) groups excluding carboxylic acids is 3. The summed E-state index contributed by atoms with van der Waals surface area (Å²) in [6, 6.07) is 13.2. The monoisotopic (exact) mass is 667 g/mol. The second-order valence-electron chi connectivity index (χ2n) is 13.7. The summed E-state index contributed by atoms with van der Waals surface area (Å²) in [4.78, 5) is 45.2. The molecule has 3 amide bonds. The third kappa shape index (κ3) is 10.7. The zero-order valence-corrected chi connectivity index (χ0v) is 29.8. The van der Waals surface area contributed by atoms with Crippen LogP contribution in [-0.2, 0) is 35.6 Å². The molecule has 0 aliphatic carbocycles. The Morgan fingerprint density at radius 2 is 1.55 bits per heavy atom. The fourth-order valence-corrected chi connectivity index (χ4v) is 6.50. The molecule has 2 aromatic carbocycles. The van der Waals surface area contributed by atoms with Crippen molar-refractivity contribution in [1.29, 1.82) is 0 Å². The minimum atomic E-state index is -3.96. The molecule has 12 nitrogen and oxygen atoms in total. The van der Waals surface area contributed by atoms with Gasteiger partial charge in [0.1, 0.15) is 6.04 Å². The molecular formula is C34H49N7O5S. The van der Waals surface area contributed by atoms with Crippen LogP contribution in [0.25, 0.3) is 10.4 Å². The van der Waals surface area contributed by atoms with Gasteiger partial charge >= 0.3 is 0 Å². The zero-order valence-electron chi connectivity index (χ0n) is 29.0. The summed E-state index contributed by atoms with van der Waals surface area (Å²) < 4.78 is 27.5. The number of hydrogen-bond donors (Lipinski definition) is 3. The molecule has 0 saturated heterocycles. The van der Waals surface area contributed by atoms with Crippen molar-refractivity contribution in [2.24, 2.45) is 16.4 Å². The van der Waals surface area contributed by atoms with Gasteiger partial charge in [0.05, 0.1) is 17.8 Å². The molecule has 256 valence electrons. The maximum atomic E-state index is 14.1. The summed E-state index contributed by atoms with van der Waals surface area (Å²) >= 11 is 0. The van der Waals surface area contributed by atoms with Gasteiger partial charge in [-0.3, -0.25) is 14.4 Å². The second kappa shape index (κ2) is 16.1. The Hall–Kier alpha value is -4.19. The molecule has 3 atom stereocenters. The number of carbonyl (C=O) groups is 3. The first-order valence-electron chi connectivity index (χ1n) is 15.4. The van der Waals surface area contributed by atoms with Gasteiger partial charge in [0.25, 0.3) is 5.91 Å². The van der Waals surface area contributed by atoms with E-state index in [1.165, 1.54) is 11.8 Å². The lowest BCUT2D eigenvalue weighted by Crippen LogP contribution is -2.61. The van der Waals surface area contributed by atoms with E-state index in [-0.39, 0.29) is 29.1 Å². The fraction of sp³-hybridized carbons (Fsp3) is 0.500. The maximum Gasteiger partial charge on any atom is 0.260 e. The van der Waals surface area contributed by atoms with Gasteiger partial charge in [-0.2, -0.15) is 0 Å². The van der Waals surface area contributed by atoms with E-state index in [4.69, 9.17) is 5.53 Å². The van der Waals surface area contributed by atoms with Crippen molar-refractivity contribution in [2.45, 2.75) is 84.7 Å². The van der Waals surface area contributed by atoms with Gasteiger partial charge in [0.15, 0.2) is 0 Å². The fourth-order valence-electron chi connectivity index (χ4n) is 5.36. The molecule has 3 N–H and O–H groups in total. The van der Waals surface area contributed by atoms with Crippen LogP contribution < -0.4 is 15.4 Å². The number of likely N-dealkylation sites (N-methyl/N-ethyl adjacent to an activating group) is 2. The number of azide groups is 1. The molecule has 0 aliphatic rings. The molecular weight excluding hydrogens is 618 g/mol. The Kier molecular flexibility index (Phi) is 13.3. The molecule has 2 rings (SSSR count). The molecule has 13 heteroatoms. The Morgan fingerprint density at radius 1 is 0.979 bits per heavy atom. The van der Waals surface area contributed by atoms with E-state index < -0.39 is 44.9 Å². The van der Waals surface area contributed by atoms with Gasteiger partial charge in [0, 0.05) is 28.6 Å². The predicted octanol–water partition coefficient (Wildman–Crippen LogP) is 5.10. The maximum absolute atomic E-state index is 14.1. The highest BCUT2D eigenvalue weighted by atomic mass is 32.2. The molecule has 0 fully saturated rings. The Morgan fingerprint density at radius 3 is 2.04 bits per heavy atom. The van der Waals surface area contributed by atoms with Gasteiger partial charge in [-0.05, 0) is 42.0 Å². The summed E-state index contributed by atoms with van der Waals surface area (Å²) in [6.45, 7) is 14.7. The molecule has 0 bridgehead atoms. The quantitative estimate of drug-likeness (QED) is 0.109. The molecule has 0 aliphatic heterocycles. The van der Waals surface area contributed by atoms with Crippen LogP contribution in [0.2, 0.25) is 0 Å². The Bertz CT molecular complexity index is 1590. The average Bonchev–Trinajstić information content (AvgIpc) is 2.97. The Balaban J connectivity index is 2.31. The highest BCUT2D eigenvalue weighted by Gasteiger charge is 2.41. The minimum Gasteiger partial charge on any atom is -0.342 e. The van der Waals surface area contributed by atoms with Crippen LogP contribution in [0.3, 0.4) is 0 Å². The molecule has 0 radical (unpaired) electrons. The largest absolute Gasteiger partial charge is 0.342 e. The van der Waals surface area contributed by atoms with Gasteiger partial charge in [-0.1, -0.05) is 114 Å². The van der Waals surface area contributed by atoms with Crippen molar-refractivity contribution < 1.29 is 22.8 Å². The second-order valence-corrected chi connectivity index (χ2v) is 15.4. The zero-order chi connectivity index (χ0) is 35.7. The average molecular weight is 668 g/mol. The van der Waals surface area contributed by atoms with E-state index >= 15 is 0 Å². The van der Waals surface area contributed by atoms with E-state index in [9.17, 15) is 22.8 Å². The highest BCUT2D eigenvalue weighted by molar-refractivity contribution is 7.89. The first-order chi connectivity index (χ1) is 21.7. The molecule has 2 aromatic rings. The van der Waals surface area contributed by atoms with Crippen LogP contribution in [0.4, 0.5) is 5.69 Å². The van der Waals surface area contributed by atoms with Crippen LogP contribution in [0.15, 0.2) is 71.4 Å². The van der Waals surface area contributed by atoms with Crippen molar-refractivity contribution in [2.75, 3.05) is 14.1 Å². The van der Waals surface area contributed by atoms with Gasteiger partial charge in [0.2, 0.25) is 21.8 Å². The van der Waals surface area contributed by atoms with Gasteiger partial charge in [-0.25, -0.2) is 13.1 Å². The van der Waals surface area contributed by atoms with Crippen molar-refractivity contribution in [3.8, 4) is 0 Å². The molecule has 0 saturated carbocycles. The SMILES string of the molecule is CNC(C(=O)NC(C(=O)N(C)C(C=C(C)C(=O)NS(=O)(=O)Cc1ccccc1)C(C)C)C(C)(C)C)C(C)(C)c1ccc(N=[N+]=[N-])cc1. The predicted molar refractivity (Wildman–Crippen MR) is 185 cm³/mol. The van der Waals surface area contributed by atoms with Crippen molar-refractivity contribution >= 4 is 33.4 Å². The number of rotatable bonds is 14. The number of nitrogens with zero attached hydrogens (tertiary/aromatic N) is 4.